The van der Waals surface area contributed by atoms with Crippen molar-refractivity contribution in [3.8, 4) is 0 Å². The topological polar surface area (TPSA) is 80.0 Å². The number of nitrogens with two attached hydrogens (primary N) is 1. The molecule has 4 rings (SSSR count). The molecular weight excluding hydrogens is 308 g/mol. The molecule has 0 aliphatic carbocycles. The van der Waals surface area contributed by atoms with Crippen molar-refractivity contribution in [1.82, 2.24) is 15.0 Å². The van der Waals surface area contributed by atoms with E-state index in [-0.39, 0.29) is 0 Å². The van der Waals surface area contributed by atoms with Crippen LogP contribution in [-0.2, 0) is 0 Å². The van der Waals surface area contributed by atoms with Crippen LogP contribution in [0.2, 0.25) is 0 Å². The van der Waals surface area contributed by atoms with Crippen LogP contribution in [-0.4, -0.2) is 34.1 Å². The first-order chi connectivity index (χ1) is 11.3. The van der Waals surface area contributed by atoms with Crippen LogP contribution in [0.3, 0.4) is 0 Å². The Morgan fingerprint density at radius 1 is 1.26 bits per heavy atom. The van der Waals surface area contributed by atoms with E-state index in [1.807, 2.05) is 6.07 Å². The molecule has 1 aliphatic heterocycles. The average molecular weight is 326 g/mol. The molecule has 1 fully saturated rings. The minimum absolute atomic E-state index is 0.338. The molecule has 6 nitrogen and oxygen atoms in total. The molecule has 1 aromatic carbocycles. The standard InChI is InChI=1S/C16H18N6S/c17-14-8-15(19-10-18-14)20-11-4-3-7-22(9-11)16-21-12-5-1-2-6-13(12)23-16/h1-2,5-6,8,10-11H,3-4,7,9H2,(H3,17,18,19,20). The Hall–Kier alpha value is -2.41. The van der Waals surface area contributed by atoms with Crippen molar-refractivity contribution in [2.75, 3.05) is 29.0 Å². The molecule has 3 heterocycles. The molecule has 0 radical (unpaired) electrons. The summed E-state index contributed by atoms with van der Waals surface area (Å²) in [5.41, 5.74) is 6.79. The van der Waals surface area contributed by atoms with Crippen LogP contribution in [0.4, 0.5) is 16.8 Å². The SMILES string of the molecule is Nc1cc(NC2CCCN(c3nc4ccccc4s3)C2)ncn1. The van der Waals surface area contributed by atoms with E-state index in [1.165, 1.54) is 11.0 Å². The molecule has 118 valence electrons. The maximum Gasteiger partial charge on any atom is 0.186 e. The van der Waals surface area contributed by atoms with Crippen molar-refractivity contribution in [2.24, 2.45) is 0 Å². The van der Waals surface area contributed by atoms with Gasteiger partial charge in [-0.1, -0.05) is 23.5 Å². The second-order valence-corrected chi connectivity index (χ2v) is 6.73. The van der Waals surface area contributed by atoms with Gasteiger partial charge in [0.2, 0.25) is 0 Å². The predicted molar refractivity (Wildman–Crippen MR) is 94.9 cm³/mol. The fourth-order valence-electron chi connectivity index (χ4n) is 2.92. The van der Waals surface area contributed by atoms with Crippen molar-refractivity contribution in [3.05, 3.63) is 36.7 Å². The number of thiazole rings is 1. The van der Waals surface area contributed by atoms with E-state index in [1.54, 1.807) is 17.4 Å². The third-order valence-electron chi connectivity index (χ3n) is 4.01. The van der Waals surface area contributed by atoms with Crippen molar-refractivity contribution in [3.63, 3.8) is 0 Å². The van der Waals surface area contributed by atoms with Gasteiger partial charge in [0.25, 0.3) is 0 Å². The van der Waals surface area contributed by atoms with E-state index >= 15 is 0 Å². The molecule has 1 aliphatic rings. The number of piperidine rings is 1. The highest BCUT2D eigenvalue weighted by Crippen LogP contribution is 2.30. The molecule has 23 heavy (non-hydrogen) atoms. The van der Waals surface area contributed by atoms with Crippen LogP contribution in [0.5, 0.6) is 0 Å². The summed E-state index contributed by atoms with van der Waals surface area (Å²) in [5.74, 6) is 1.27. The Kier molecular flexibility index (Phi) is 3.70. The molecule has 1 atom stereocenters. The van der Waals surface area contributed by atoms with Gasteiger partial charge in [0.1, 0.15) is 18.0 Å². The lowest BCUT2D eigenvalue weighted by Crippen LogP contribution is -2.42. The molecule has 3 aromatic rings. The average Bonchev–Trinajstić information content (AvgIpc) is 2.99. The summed E-state index contributed by atoms with van der Waals surface area (Å²) in [6.45, 7) is 1.97. The smallest absolute Gasteiger partial charge is 0.186 e. The van der Waals surface area contributed by atoms with Crippen LogP contribution in [0.15, 0.2) is 36.7 Å². The second kappa shape index (κ2) is 6.00. The van der Waals surface area contributed by atoms with Crippen molar-refractivity contribution >= 4 is 38.3 Å². The quantitative estimate of drug-likeness (QED) is 0.770. The zero-order chi connectivity index (χ0) is 15.6. The molecule has 0 amide bonds. The number of hydrogen-bond acceptors (Lipinski definition) is 7. The fourth-order valence-corrected chi connectivity index (χ4v) is 3.92. The van der Waals surface area contributed by atoms with Crippen LogP contribution >= 0.6 is 11.3 Å². The monoisotopic (exact) mass is 326 g/mol. The van der Waals surface area contributed by atoms with Crippen molar-refractivity contribution in [2.45, 2.75) is 18.9 Å². The van der Waals surface area contributed by atoms with Crippen molar-refractivity contribution < 1.29 is 0 Å². The summed E-state index contributed by atoms with van der Waals surface area (Å²) < 4.78 is 1.24. The van der Waals surface area contributed by atoms with E-state index in [0.717, 1.165) is 42.4 Å². The molecule has 0 saturated carbocycles. The molecule has 1 unspecified atom stereocenters. The zero-order valence-electron chi connectivity index (χ0n) is 12.6. The summed E-state index contributed by atoms with van der Waals surface area (Å²) in [5, 5.41) is 4.56. The van der Waals surface area contributed by atoms with Crippen LogP contribution in [0, 0.1) is 0 Å². The number of aromatic nitrogens is 3. The first-order valence-electron chi connectivity index (χ1n) is 7.72. The lowest BCUT2D eigenvalue weighted by atomic mass is 10.1. The van der Waals surface area contributed by atoms with Gasteiger partial charge >= 0.3 is 0 Å². The van der Waals surface area contributed by atoms with Crippen LogP contribution in [0.1, 0.15) is 12.8 Å². The highest BCUT2D eigenvalue weighted by atomic mass is 32.1. The maximum absolute atomic E-state index is 5.72. The Morgan fingerprint density at radius 3 is 3.04 bits per heavy atom. The zero-order valence-corrected chi connectivity index (χ0v) is 13.5. The van der Waals surface area contributed by atoms with Gasteiger partial charge in [-0.05, 0) is 25.0 Å². The number of nitrogens with zero attached hydrogens (tertiary/aromatic N) is 4. The van der Waals surface area contributed by atoms with Gasteiger partial charge < -0.3 is 16.0 Å². The predicted octanol–water partition coefficient (Wildman–Crippen LogP) is 2.75. The maximum atomic E-state index is 5.72. The van der Waals surface area contributed by atoms with Gasteiger partial charge in [-0.2, -0.15) is 0 Å². The van der Waals surface area contributed by atoms with Crippen LogP contribution in [0.25, 0.3) is 10.2 Å². The first kappa shape index (κ1) is 14.2. The molecule has 0 bridgehead atoms. The summed E-state index contributed by atoms with van der Waals surface area (Å²) in [6, 6.07) is 10.4. The van der Waals surface area contributed by atoms with E-state index in [9.17, 15) is 0 Å². The molecule has 7 heteroatoms. The molecular formula is C16H18N6S. The molecule has 3 N–H and O–H groups in total. The largest absolute Gasteiger partial charge is 0.384 e. The summed E-state index contributed by atoms with van der Waals surface area (Å²) in [4.78, 5) is 15.3. The number of nitrogens with one attached hydrogen (secondary N) is 1. The summed E-state index contributed by atoms with van der Waals surface area (Å²) in [7, 11) is 0. The second-order valence-electron chi connectivity index (χ2n) is 5.72. The fraction of sp³-hybridized carbons (Fsp3) is 0.312. The number of hydrogen-bond donors (Lipinski definition) is 2. The van der Waals surface area contributed by atoms with Gasteiger partial charge in [-0.15, -0.1) is 0 Å². The summed E-state index contributed by atoms with van der Waals surface area (Å²) >= 11 is 1.76. The minimum Gasteiger partial charge on any atom is -0.384 e. The molecule has 2 aromatic heterocycles. The Balaban J connectivity index is 1.50. The van der Waals surface area contributed by atoms with E-state index in [4.69, 9.17) is 10.7 Å². The van der Waals surface area contributed by atoms with Gasteiger partial charge in [0.15, 0.2) is 5.13 Å². The van der Waals surface area contributed by atoms with Gasteiger partial charge in [-0.3, -0.25) is 0 Å². The van der Waals surface area contributed by atoms with E-state index in [0.29, 0.717) is 11.9 Å². The number of fused-ring (bicyclic) bond motifs is 1. The highest BCUT2D eigenvalue weighted by Gasteiger charge is 2.22. The normalized spacial score (nSPS) is 18.3. The number of para-hydroxylation sites is 1. The lowest BCUT2D eigenvalue weighted by Gasteiger charge is -2.33. The number of nitrogen functional groups attached to an aromatic ring is 1. The first-order valence-corrected chi connectivity index (χ1v) is 8.54. The Morgan fingerprint density at radius 2 is 2.17 bits per heavy atom. The number of benzene rings is 1. The van der Waals surface area contributed by atoms with Gasteiger partial charge in [0.05, 0.1) is 10.2 Å². The lowest BCUT2D eigenvalue weighted by molar-refractivity contribution is 0.528. The number of anilines is 3. The van der Waals surface area contributed by atoms with E-state index in [2.05, 4.69) is 38.4 Å². The Bertz CT molecular complexity index is 784. The van der Waals surface area contributed by atoms with E-state index < -0.39 is 0 Å². The molecule has 0 spiro atoms. The highest BCUT2D eigenvalue weighted by molar-refractivity contribution is 7.22. The minimum atomic E-state index is 0.338. The van der Waals surface area contributed by atoms with Gasteiger partial charge in [0, 0.05) is 25.2 Å². The number of rotatable bonds is 3. The Labute approximate surface area is 138 Å². The third-order valence-corrected chi connectivity index (χ3v) is 5.11. The van der Waals surface area contributed by atoms with Gasteiger partial charge in [-0.25, -0.2) is 15.0 Å². The third kappa shape index (κ3) is 3.05. The van der Waals surface area contributed by atoms with Crippen LogP contribution < -0.4 is 16.0 Å². The molecule has 1 saturated heterocycles. The van der Waals surface area contributed by atoms with Crippen molar-refractivity contribution in [1.29, 1.82) is 0 Å². The summed E-state index contributed by atoms with van der Waals surface area (Å²) in [6.07, 6.45) is 3.74.